The first-order chi connectivity index (χ1) is 10.0. The fourth-order valence-electron chi connectivity index (χ4n) is 1.95. The minimum Gasteiger partial charge on any atom is -0.497 e. The molecule has 21 heavy (non-hydrogen) atoms. The van der Waals surface area contributed by atoms with Crippen molar-refractivity contribution in [3.05, 3.63) is 41.4 Å². The smallest absolute Gasteiger partial charge is 0.308 e. The van der Waals surface area contributed by atoms with Crippen molar-refractivity contribution in [2.24, 2.45) is 0 Å². The van der Waals surface area contributed by atoms with Gasteiger partial charge in [0.1, 0.15) is 5.75 Å². The lowest BCUT2D eigenvalue weighted by atomic mass is 10.0. The first-order valence-corrected chi connectivity index (χ1v) is 6.63. The van der Waals surface area contributed by atoms with Crippen LogP contribution in [-0.2, 0) is 4.79 Å². The molecular formula is C16H15ClO4. The Morgan fingerprint density at radius 1 is 1.05 bits per heavy atom. The van der Waals surface area contributed by atoms with Crippen LogP contribution in [-0.4, -0.2) is 20.2 Å². The summed E-state index contributed by atoms with van der Waals surface area (Å²) in [7, 11) is 3.10. The van der Waals surface area contributed by atoms with Gasteiger partial charge in [0, 0.05) is 23.6 Å². The van der Waals surface area contributed by atoms with E-state index in [9.17, 15) is 4.79 Å². The molecule has 2 aromatic carbocycles. The first-order valence-electron chi connectivity index (χ1n) is 6.25. The summed E-state index contributed by atoms with van der Waals surface area (Å²) in [5.74, 6) is 1.07. The molecule has 0 spiro atoms. The quantitative estimate of drug-likeness (QED) is 0.634. The summed E-state index contributed by atoms with van der Waals surface area (Å²) in [5, 5.41) is 0.494. The van der Waals surface area contributed by atoms with Crippen LogP contribution in [0.5, 0.6) is 17.2 Å². The summed E-state index contributed by atoms with van der Waals surface area (Å²) in [6, 6.07) is 10.7. The molecule has 5 heteroatoms. The molecule has 0 radical (unpaired) electrons. The molecule has 0 bridgehead atoms. The van der Waals surface area contributed by atoms with Crippen LogP contribution in [0.4, 0.5) is 0 Å². The molecule has 0 aliphatic carbocycles. The molecule has 0 aliphatic heterocycles. The molecule has 4 nitrogen and oxygen atoms in total. The summed E-state index contributed by atoms with van der Waals surface area (Å²) in [6.07, 6.45) is 0. The average Bonchev–Trinajstić information content (AvgIpc) is 2.48. The van der Waals surface area contributed by atoms with Crippen molar-refractivity contribution in [1.29, 1.82) is 0 Å². The van der Waals surface area contributed by atoms with Crippen molar-refractivity contribution < 1.29 is 19.0 Å². The van der Waals surface area contributed by atoms with E-state index in [4.69, 9.17) is 25.8 Å². The standard InChI is InChI=1S/C16H15ClO4/c1-10(18)21-16-14(8-12(17)9-15(16)20-3)11-4-6-13(19-2)7-5-11/h4-9H,1-3H3. The van der Waals surface area contributed by atoms with Gasteiger partial charge in [0.2, 0.25) is 0 Å². The number of benzene rings is 2. The minimum atomic E-state index is -0.426. The Hall–Kier alpha value is -2.20. The number of carbonyl (C=O) groups is 1. The van der Waals surface area contributed by atoms with Gasteiger partial charge < -0.3 is 14.2 Å². The predicted octanol–water partition coefficient (Wildman–Crippen LogP) is 3.95. The Morgan fingerprint density at radius 2 is 1.71 bits per heavy atom. The van der Waals surface area contributed by atoms with E-state index in [0.29, 0.717) is 22.1 Å². The van der Waals surface area contributed by atoms with E-state index in [-0.39, 0.29) is 0 Å². The Kier molecular flexibility index (Phi) is 4.70. The molecule has 110 valence electrons. The third kappa shape index (κ3) is 3.47. The van der Waals surface area contributed by atoms with Gasteiger partial charge in [-0.3, -0.25) is 4.79 Å². The zero-order valence-electron chi connectivity index (χ0n) is 12.0. The summed E-state index contributed by atoms with van der Waals surface area (Å²) in [6.45, 7) is 1.34. The molecule has 0 unspecified atom stereocenters. The Labute approximate surface area is 128 Å². The highest BCUT2D eigenvalue weighted by molar-refractivity contribution is 6.31. The number of carbonyl (C=O) groups excluding carboxylic acids is 1. The molecule has 0 amide bonds. The van der Waals surface area contributed by atoms with E-state index in [2.05, 4.69) is 0 Å². The second-order valence-corrected chi connectivity index (χ2v) is 4.74. The maximum Gasteiger partial charge on any atom is 0.308 e. The molecule has 2 rings (SSSR count). The van der Waals surface area contributed by atoms with Gasteiger partial charge in [-0.25, -0.2) is 0 Å². The highest BCUT2D eigenvalue weighted by atomic mass is 35.5. The van der Waals surface area contributed by atoms with E-state index in [1.54, 1.807) is 19.2 Å². The lowest BCUT2D eigenvalue weighted by Gasteiger charge is -2.14. The van der Waals surface area contributed by atoms with Crippen molar-refractivity contribution in [3.8, 4) is 28.4 Å². The number of rotatable bonds is 4. The molecule has 0 saturated heterocycles. The molecule has 0 N–H and O–H groups in total. The monoisotopic (exact) mass is 306 g/mol. The van der Waals surface area contributed by atoms with Gasteiger partial charge in [-0.1, -0.05) is 23.7 Å². The van der Waals surface area contributed by atoms with Crippen LogP contribution < -0.4 is 14.2 Å². The van der Waals surface area contributed by atoms with Crippen LogP contribution in [0.2, 0.25) is 5.02 Å². The van der Waals surface area contributed by atoms with Gasteiger partial charge in [-0.05, 0) is 23.8 Å². The normalized spacial score (nSPS) is 10.1. The number of esters is 1. The van der Waals surface area contributed by atoms with Gasteiger partial charge in [0.15, 0.2) is 11.5 Å². The van der Waals surface area contributed by atoms with Gasteiger partial charge >= 0.3 is 5.97 Å². The SMILES string of the molecule is COc1ccc(-c2cc(Cl)cc(OC)c2OC(C)=O)cc1. The Morgan fingerprint density at radius 3 is 2.24 bits per heavy atom. The van der Waals surface area contributed by atoms with Crippen molar-refractivity contribution in [1.82, 2.24) is 0 Å². The lowest BCUT2D eigenvalue weighted by molar-refractivity contribution is -0.131. The van der Waals surface area contributed by atoms with Crippen molar-refractivity contribution in [2.45, 2.75) is 6.92 Å². The third-order valence-corrected chi connectivity index (χ3v) is 3.10. The number of methoxy groups -OCH3 is 2. The number of hydrogen-bond donors (Lipinski definition) is 0. The van der Waals surface area contributed by atoms with E-state index < -0.39 is 5.97 Å². The predicted molar refractivity (Wildman–Crippen MR) is 81.3 cm³/mol. The summed E-state index contributed by atoms with van der Waals surface area (Å²) < 4.78 is 15.7. The molecular weight excluding hydrogens is 292 g/mol. The zero-order chi connectivity index (χ0) is 15.4. The van der Waals surface area contributed by atoms with E-state index >= 15 is 0 Å². The van der Waals surface area contributed by atoms with Crippen LogP contribution in [0.25, 0.3) is 11.1 Å². The second-order valence-electron chi connectivity index (χ2n) is 4.31. The topological polar surface area (TPSA) is 44.8 Å². The Bertz CT molecular complexity index is 650. The second kappa shape index (κ2) is 6.50. The van der Waals surface area contributed by atoms with Crippen LogP contribution in [0, 0.1) is 0 Å². The molecule has 0 heterocycles. The lowest BCUT2D eigenvalue weighted by Crippen LogP contribution is -2.04. The third-order valence-electron chi connectivity index (χ3n) is 2.89. The molecule has 0 aliphatic rings. The minimum absolute atomic E-state index is 0.347. The maximum atomic E-state index is 11.3. The van der Waals surface area contributed by atoms with Gasteiger partial charge in [-0.2, -0.15) is 0 Å². The fraction of sp³-hybridized carbons (Fsp3) is 0.188. The number of ether oxygens (including phenoxy) is 3. The number of halogens is 1. The Balaban J connectivity index is 2.58. The molecule has 0 atom stereocenters. The largest absolute Gasteiger partial charge is 0.497 e. The first kappa shape index (κ1) is 15.2. The molecule has 0 saturated carbocycles. The van der Waals surface area contributed by atoms with Crippen LogP contribution in [0.15, 0.2) is 36.4 Å². The highest BCUT2D eigenvalue weighted by Crippen LogP contribution is 2.41. The van der Waals surface area contributed by atoms with Crippen LogP contribution in [0.3, 0.4) is 0 Å². The van der Waals surface area contributed by atoms with Crippen molar-refractivity contribution in [3.63, 3.8) is 0 Å². The highest BCUT2D eigenvalue weighted by Gasteiger charge is 2.16. The van der Waals surface area contributed by atoms with E-state index in [1.807, 2.05) is 24.3 Å². The summed E-state index contributed by atoms with van der Waals surface area (Å²) in [5.41, 5.74) is 1.52. The van der Waals surface area contributed by atoms with Gasteiger partial charge in [0.25, 0.3) is 0 Å². The van der Waals surface area contributed by atoms with Crippen molar-refractivity contribution in [2.75, 3.05) is 14.2 Å². The van der Waals surface area contributed by atoms with Crippen LogP contribution >= 0.6 is 11.6 Å². The zero-order valence-corrected chi connectivity index (χ0v) is 12.7. The average molecular weight is 307 g/mol. The van der Waals surface area contributed by atoms with Gasteiger partial charge in [0.05, 0.1) is 14.2 Å². The van der Waals surface area contributed by atoms with Crippen molar-refractivity contribution >= 4 is 17.6 Å². The van der Waals surface area contributed by atoms with E-state index in [0.717, 1.165) is 11.3 Å². The summed E-state index contributed by atoms with van der Waals surface area (Å²) in [4.78, 5) is 11.3. The van der Waals surface area contributed by atoms with E-state index in [1.165, 1.54) is 14.0 Å². The number of hydrogen-bond acceptors (Lipinski definition) is 4. The molecule has 0 aromatic heterocycles. The maximum absolute atomic E-state index is 11.3. The summed E-state index contributed by atoms with van der Waals surface area (Å²) >= 11 is 6.10. The fourth-order valence-corrected chi connectivity index (χ4v) is 2.16. The molecule has 2 aromatic rings. The van der Waals surface area contributed by atoms with Crippen LogP contribution in [0.1, 0.15) is 6.92 Å². The van der Waals surface area contributed by atoms with Gasteiger partial charge in [-0.15, -0.1) is 0 Å². The molecule has 0 fully saturated rings.